The van der Waals surface area contributed by atoms with Gasteiger partial charge < -0.3 is 19.9 Å². The van der Waals surface area contributed by atoms with Crippen LogP contribution in [0, 0.1) is 6.92 Å². The van der Waals surface area contributed by atoms with Gasteiger partial charge in [0.2, 0.25) is 5.91 Å². The summed E-state index contributed by atoms with van der Waals surface area (Å²) in [5.41, 5.74) is 1.84. The lowest BCUT2D eigenvalue weighted by molar-refractivity contribution is -0.125. The third kappa shape index (κ3) is 5.70. The molecule has 2 aromatic heterocycles. The number of aromatic nitrogens is 3. The van der Waals surface area contributed by atoms with Gasteiger partial charge in [0, 0.05) is 44.0 Å². The molecule has 1 aliphatic heterocycles. The van der Waals surface area contributed by atoms with Gasteiger partial charge in [-0.1, -0.05) is 30.7 Å². The summed E-state index contributed by atoms with van der Waals surface area (Å²) in [5, 5.41) is 11.7. The number of likely N-dealkylation sites (tertiary alicyclic amines) is 1. The maximum absolute atomic E-state index is 12.6. The standard InChI is InChI=1S/C25H32N6O2/c1-4-14-30(3)15-5-6-22(32)31-16-12-19(17-31)27-25-23-21(11-13-26-24(23)28-29-25)33-20-9-7-18(2)8-10-20/h5-11,13,19H,4,12,14-17H2,1-3H3,(H2,26,27,28,29)/b6-5+/t19-/m1/s1. The molecule has 4 rings (SSSR count). The number of pyridine rings is 1. The summed E-state index contributed by atoms with van der Waals surface area (Å²) in [5.74, 6) is 2.19. The number of H-pyrrole nitrogens is 1. The lowest BCUT2D eigenvalue weighted by Crippen LogP contribution is -2.30. The first-order valence-corrected chi connectivity index (χ1v) is 11.5. The molecule has 0 radical (unpaired) electrons. The van der Waals surface area contributed by atoms with Crippen LogP contribution >= 0.6 is 0 Å². The van der Waals surface area contributed by atoms with Crippen molar-refractivity contribution >= 4 is 22.8 Å². The van der Waals surface area contributed by atoms with Crippen LogP contribution in [0.25, 0.3) is 11.0 Å². The van der Waals surface area contributed by atoms with E-state index in [1.807, 2.05) is 48.2 Å². The number of ether oxygens (including phenoxy) is 1. The number of hydrogen-bond donors (Lipinski definition) is 2. The fourth-order valence-corrected chi connectivity index (χ4v) is 4.03. The molecule has 8 heteroatoms. The number of aryl methyl sites for hydroxylation is 1. The van der Waals surface area contributed by atoms with Crippen LogP contribution < -0.4 is 10.1 Å². The van der Waals surface area contributed by atoms with Gasteiger partial charge in [-0.3, -0.25) is 9.89 Å². The Labute approximate surface area is 194 Å². The van der Waals surface area contributed by atoms with Crippen molar-refractivity contribution in [1.82, 2.24) is 25.0 Å². The van der Waals surface area contributed by atoms with E-state index in [0.29, 0.717) is 23.8 Å². The quantitative estimate of drug-likeness (QED) is 0.482. The number of carbonyl (C=O) groups excluding carboxylic acids is 1. The van der Waals surface area contributed by atoms with E-state index in [9.17, 15) is 4.79 Å². The SMILES string of the molecule is CCCN(C)C/C=C/C(=O)N1CC[C@@H](Nc2n[nH]c3nccc(Oc4ccc(C)cc4)c23)C1. The lowest BCUT2D eigenvalue weighted by atomic mass is 10.2. The van der Waals surface area contributed by atoms with Crippen LogP contribution in [0.5, 0.6) is 11.5 Å². The molecular formula is C25H32N6O2. The van der Waals surface area contributed by atoms with E-state index in [2.05, 4.69) is 39.4 Å². The highest BCUT2D eigenvalue weighted by Gasteiger charge is 2.26. The first-order valence-electron chi connectivity index (χ1n) is 11.5. The molecule has 1 fully saturated rings. The molecule has 174 valence electrons. The number of hydrogen-bond acceptors (Lipinski definition) is 6. The molecule has 1 aliphatic rings. The van der Waals surface area contributed by atoms with E-state index in [0.717, 1.165) is 43.6 Å². The molecule has 1 saturated heterocycles. The Morgan fingerprint density at radius 2 is 2.15 bits per heavy atom. The van der Waals surface area contributed by atoms with Gasteiger partial charge in [-0.2, -0.15) is 5.10 Å². The first-order chi connectivity index (χ1) is 16.0. The van der Waals surface area contributed by atoms with Crippen LogP contribution in [0.2, 0.25) is 0 Å². The largest absolute Gasteiger partial charge is 0.456 e. The predicted molar refractivity (Wildman–Crippen MR) is 131 cm³/mol. The summed E-state index contributed by atoms with van der Waals surface area (Å²) in [4.78, 5) is 21.0. The van der Waals surface area contributed by atoms with Crippen molar-refractivity contribution in [1.29, 1.82) is 0 Å². The Bertz CT molecular complexity index is 1110. The van der Waals surface area contributed by atoms with Gasteiger partial charge in [-0.15, -0.1) is 0 Å². The number of benzene rings is 1. The molecule has 2 N–H and O–H groups in total. The van der Waals surface area contributed by atoms with Crippen LogP contribution in [0.1, 0.15) is 25.3 Å². The van der Waals surface area contributed by atoms with Crippen molar-refractivity contribution in [3.63, 3.8) is 0 Å². The maximum Gasteiger partial charge on any atom is 0.246 e. The van der Waals surface area contributed by atoms with Crippen LogP contribution in [-0.2, 0) is 4.79 Å². The van der Waals surface area contributed by atoms with Gasteiger partial charge in [0.15, 0.2) is 11.5 Å². The van der Waals surface area contributed by atoms with E-state index in [-0.39, 0.29) is 11.9 Å². The van der Waals surface area contributed by atoms with Crippen molar-refractivity contribution in [2.75, 3.05) is 38.5 Å². The fourth-order valence-electron chi connectivity index (χ4n) is 4.03. The second kappa shape index (κ2) is 10.5. The highest BCUT2D eigenvalue weighted by Crippen LogP contribution is 2.33. The van der Waals surface area contributed by atoms with Gasteiger partial charge in [-0.05, 0) is 45.5 Å². The third-order valence-corrected chi connectivity index (χ3v) is 5.80. The Kier molecular flexibility index (Phi) is 7.24. The summed E-state index contributed by atoms with van der Waals surface area (Å²) in [6.45, 7) is 7.36. The Morgan fingerprint density at radius 3 is 2.94 bits per heavy atom. The van der Waals surface area contributed by atoms with E-state index < -0.39 is 0 Å². The van der Waals surface area contributed by atoms with Crippen LogP contribution in [0.4, 0.5) is 5.82 Å². The Balaban J connectivity index is 1.41. The maximum atomic E-state index is 12.6. The molecule has 0 aliphatic carbocycles. The molecule has 33 heavy (non-hydrogen) atoms. The molecular weight excluding hydrogens is 416 g/mol. The van der Waals surface area contributed by atoms with Crippen molar-refractivity contribution in [2.24, 2.45) is 0 Å². The highest BCUT2D eigenvalue weighted by molar-refractivity contribution is 5.93. The number of aromatic amines is 1. The van der Waals surface area contributed by atoms with Gasteiger partial charge in [0.1, 0.15) is 16.9 Å². The van der Waals surface area contributed by atoms with Crippen LogP contribution in [0.15, 0.2) is 48.7 Å². The average molecular weight is 449 g/mol. The fraction of sp³-hybridized carbons (Fsp3) is 0.400. The number of rotatable bonds is 9. The van der Waals surface area contributed by atoms with Gasteiger partial charge in [-0.25, -0.2) is 4.98 Å². The molecule has 1 amide bonds. The number of amides is 1. The zero-order chi connectivity index (χ0) is 23.2. The molecule has 1 atom stereocenters. The summed E-state index contributed by atoms with van der Waals surface area (Å²) in [6, 6.07) is 9.88. The predicted octanol–water partition coefficient (Wildman–Crippen LogP) is 3.97. The van der Waals surface area contributed by atoms with Crippen molar-refractivity contribution < 1.29 is 9.53 Å². The summed E-state index contributed by atoms with van der Waals surface area (Å²) in [7, 11) is 2.06. The second-order valence-electron chi connectivity index (χ2n) is 8.60. The normalized spacial score (nSPS) is 16.2. The van der Waals surface area contributed by atoms with Gasteiger partial charge in [0.25, 0.3) is 0 Å². The minimum absolute atomic E-state index is 0.0566. The number of nitrogens with one attached hydrogen (secondary N) is 2. The van der Waals surface area contributed by atoms with Crippen LogP contribution in [-0.4, -0.2) is 70.2 Å². The minimum Gasteiger partial charge on any atom is -0.456 e. The number of likely N-dealkylation sites (N-methyl/N-ethyl adjacent to an activating group) is 1. The van der Waals surface area contributed by atoms with Gasteiger partial charge in [0.05, 0.1) is 0 Å². The van der Waals surface area contributed by atoms with E-state index in [4.69, 9.17) is 4.74 Å². The number of nitrogens with zero attached hydrogens (tertiary/aromatic N) is 4. The lowest BCUT2D eigenvalue weighted by Gasteiger charge is -2.16. The van der Waals surface area contributed by atoms with E-state index in [1.165, 1.54) is 5.56 Å². The second-order valence-corrected chi connectivity index (χ2v) is 8.60. The number of carbonyl (C=O) groups is 1. The zero-order valence-corrected chi connectivity index (χ0v) is 19.5. The summed E-state index contributed by atoms with van der Waals surface area (Å²) < 4.78 is 6.13. The highest BCUT2D eigenvalue weighted by atomic mass is 16.5. The molecule has 0 unspecified atom stereocenters. The molecule has 3 aromatic rings. The topological polar surface area (TPSA) is 86.4 Å². The van der Waals surface area contributed by atoms with Crippen molar-refractivity contribution in [3.8, 4) is 11.5 Å². The van der Waals surface area contributed by atoms with Crippen molar-refractivity contribution in [3.05, 3.63) is 54.2 Å². The molecule has 0 saturated carbocycles. The van der Waals surface area contributed by atoms with Gasteiger partial charge >= 0.3 is 0 Å². The van der Waals surface area contributed by atoms with Crippen LogP contribution in [0.3, 0.4) is 0 Å². The van der Waals surface area contributed by atoms with Crippen molar-refractivity contribution in [2.45, 2.75) is 32.7 Å². The number of fused-ring (bicyclic) bond motifs is 1. The Hall–Kier alpha value is -3.39. The zero-order valence-electron chi connectivity index (χ0n) is 19.5. The summed E-state index contributed by atoms with van der Waals surface area (Å²) in [6.07, 6.45) is 7.30. The Morgan fingerprint density at radius 1 is 1.33 bits per heavy atom. The summed E-state index contributed by atoms with van der Waals surface area (Å²) >= 11 is 0. The molecule has 0 bridgehead atoms. The average Bonchev–Trinajstić information content (AvgIpc) is 3.44. The smallest absolute Gasteiger partial charge is 0.246 e. The number of anilines is 1. The third-order valence-electron chi connectivity index (χ3n) is 5.80. The first kappa shape index (κ1) is 22.8. The van der Waals surface area contributed by atoms with E-state index >= 15 is 0 Å². The molecule has 8 nitrogen and oxygen atoms in total. The van der Waals surface area contributed by atoms with E-state index in [1.54, 1.807) is 12.3 Å². The molecule has 3 heterocycles. The molecule has 1 aromatic carbocycles. The molecule has 0 spiro atoms. The minimum atomic E-state index is 0.0566. The monoisotopic (exact) mass is 448 g/mol.